The summed E-state index contributed by atoms with van der Waals surface area (Å²) in [5, 5.41) is 0.882. The minimum absolute atomic E-state index is 0.204. The van der Waals surface area contributed by atoms with Gasteiger partial charge in [-0.05, 0) is 81.7 Å². The number of rotatable bonds is 4. The van der Waals surface area contributed by atoms with Crippen molar-refractivity contribution < 1.29 is 4.39 Å². The summed E-state index contributed by atoms with van der Waals surface area (Å²) >= 11 is 0. The van der Waals surface area contributed by atoms with Gasteiger partial charge < -0.3 is 4.90 Å². The van der Waals surface area contributed by atoms with Gasteiger partial charge in [0.15, 0.2) is 0 Å². The highest BCUT2D eigenvalue weighted by Gasteiger charge is 2.26. The first-order chi connectivity index (χ1) is 14.8. The molecule has 0 N–H and O–H groups in total. The maximum Gasteiger partial charge on any atom is 0.123 e. The summed E-state index contributed by atoms with van der Waals surface area (Å²) in [5.41, 5.74) is 4.19. The fourth-order valence-corrected chi connectivity index (χ4v) is 5.12. The molecular weight excluding hydrogens is 373 g/mol. The Morgan fingerprint density at radius 3 is 2.40 bits per heavy atom. The largest absolute Gasteiger partial charge is 0.300 e. The number of piperidine rings is 2. The second-order valence-electron chi connectivity index (χ2n) is 8.80. The molecule has 0 amide bonds. The smallest absolute Gasteiger partial charge is 0.123 e. The second kappa shape index (κ2) is 8.83. The van der Waals surface area contributed by atoms with Crippen molar-refractivity contribution in [2.24, 2.45) is 0 Å². The SMILES string of the molecule is Fc1ccc2nc(-c3ccccc3)c(CN3CCC(N4CCCCC4)CC3)cc2c1. The van der Waals surface area contributed by atoms with Crippen LogP contribution in [-0.4, -0.2) is 47.0 Å². The van der Waals surface area contributed by atoms with Crippen LogP contribution in [0.25, 0.3) is 22.2 Å². The molecule has 2 saturated heterocycles. The molecule has 156 valence electrons. The van der Waals surface area contributed by atoms with Gasteiger partial charge in [0.2, 0.25) is 0 Å². The van der Waals surface area contributed by atoms with Gasteiger partial charge in [-0.25, -0.2) is 9.37 Å². The third-order valence-corrected chi connectivity index (χ3v) is 6.76. The lowest BCUT2D eigenvalue weighted by atomic mass is 9.98. The third kappa shape index (κ3) is 4.26. The molecule has 4 heteroatoms. The van der Waals surface area contributed by atoms with Crippen LogP contribution in [0.15, 0.2) is 54.6 Å². The first-order valence-corrected chi connectivity index (χ1v) is 11.4. The van der Waals surface area contributed by atoms with E-state index < -0.39 is 0 Å². The van der Waals surface area contributed by atoms with Crippen molar-refractivity contribution in [1.29, 1.82) is 0 Å². The number of fused-ring (bicyclic) bond motifs is 1. The van der Waals surface area contributed by atoms with Crippen molar-refractivity contribution in [2.75, 3.05) is 26.2 Å². The van der Waals surface area contributed by atoms with Crippen molar-refractivity contribution in [3.8, 4) is 11.3 Å². The van der Waals surface area contributed by atoms with Crippen LogP contribution in [0.1, 0.15) is 37.7 Å². The fraction of sp³-hybridized carbons (Fsp3) is 0.423. The van der Waals surface area contributed by atoms with E-state index in [9.17, 15) is 4.39 Å². The molecule has 5 rings (SSSR count). The average Bonchev–Trinajstić information content (AvgIpc) is 2.80. The van der Waals surface area contributed by atoms with Gasteiger partial charge in [-0.3, -0.25) is 4.90 Å². The maximum atomic E-state index is 13.8. The molecule has 0 aliphatic carbocycles. The minimum atomic E-state index is -0.204. The molecule has 0 unspecified atom stereocenters. The lowest BCUT2D eigenvalue weighted by Gasteiger charge is -2.40. The van der Waals surface area contributed by atoms with Crippen molar-refractivity contribution in [1.82, 2.24) is 14.8 Å². The summed E-state index contributed by atoms with van der Waals surface area (Å²) in [6.45, 7) is 5.68. The molecule has 3 heterocycles. The zero-order valence-electron chi connectivity index (χ0n) is 17.6. The van der Waals surface area contributed by atoms with Gasteiger partial charge in [-0.15, -0.1) is 0 Å². The van der Waals surface area contributed by atoms with Crippen molar-refractivity contribution >= 4 is 10.9 Å². The molecule has 3 aromatic rings. The molecule has 2 fully saturated rings. The Balaban J connectivity index is 1.38. The zero-order chi connectivity index (χ0) is 20.3. The average molecular weight is 404 g/mol. The quantitative estimate of drug-likeness (QED) is 0.574. The Kier molecular flexibility index (Phi) is 5.78. The molecule has 30 heavy (non-hydrogen) atoms. The fourth-order valence-electron chi connectivity index (χ4n) is 5.12. The Bertz CT molecular complexity index is 990. The van der Waals surface area contributed by atoms with Crippen LogP contribution < -0.4 is 0 Å². The van der Waals surface area contributed by atoms with Gasteiger partial charge in [0.05, 0.1) is 11.2 Å². The topological polar surface area (TPSA) is 19.4 Å². The summed E-state index contributed by atoms with van der Waals surface area (Å²) in [7, 11) is 0. The number of nitrogens with zero attached hydrogens (tertiary/aromatic N) is 3. The molecular formula is C26H30FN3. The van der Waals surface area contributed by atoms with Gasteiger partial charge in [-0.1, -0.05) is 36.8 Å². The summed E-state index contributed by atoms with van der Waals surface area (Å²) in [6, 6.07) is 18.1. The minimum Gasteiger partial charge on any atom is -0.300 e. The summed E-state index contributed by atoms with van der Waals surface area (Å²) in [6.07, 6.45) is 6.61. The lowest BCUT2D eigenvalue weighted by molar-refractivity contribution is 0.0897. The predicted octanol–water partition coefficient (Wildman–Crippen LogP) is 5.49. The predicted molar refractivity (Wildman–Crippen MR) is 121 cm³/mol. The molecule has 3 nitrogen and oxygen atoms in total. The van der Waals surface area contributed by atoms with E-state index in [0.717, 1.165) is 47.8 Å². The molecule has 0 bridgehead atoms. The first-order valence-electron chi connectivity index (χ1n) is 11.4. The zero-order valence-corrected chi connectivity index (χ0v) is 17.6. The molecule has 0 spiro atoms. The van der Waals surface area contributed by atoms with E-state index >= 15 is 0 Å². The first kappa shape index (κ1) is 19.7. The van der Waals surface area contributed by atoms with Gasteiger partial charge in [0.25, 0.3) is 0 Å². The van der Waals surface area contributed by atoms with E-state index in [-0.39, 0.29) is 5.82 Å². The summed E-state index contributed by atoms with van der Waals surface area (Å²) in [5.74, 6) is -0.204. The van der Waals surface area contributed by atoms with Gasteiger partial charge >= 0.3 is 0 Å². The molecule has 2 aromatic carbocycles. The Morgan fingerprint density at radius 2 is 1.63 bits per heavy atom. The molecule has 0 radical (unpaired) electrons. The Morgan fingerprint density at radius 1 is 0.867 bits per heavy atom. The molecule has 1 aromatic heterocycles. The number of likely N-dealkylation sites (tertiary alicyclic amines) is 2. The van der Waals surface area contributed by atoms with E-state index in [1.54, 1.807) is 12.1 Å². The number of halogens is 1. The van der Waals surface area contributed by atoms with E-state index in [1.807, 2.05) is 6.07 Å². The monoisotopic (exact) mass is 403 g/mol. The highest BCUT2D eigenvalue weighted by atomic mass is 19.1. The van der Waals surface area contributed by atoms with Crippen molar-refractivity contribution in [3.63, 3.8) is 0 Å². The lowest BCUT2D eigenvalue weighted by Crippen LogP contribution is -2.46. The summed E-state index contributed by atoms with van der Waals surface area (Å²) in [4.78, 5) is 10.2. The van der Waals surface area contributed by atoms with Gasteiger partial charge in [0.1, 0.15) is 5.82 Å². The van der Waals surface area contributed by atoms with Crippen LogP contribution >= 0.6 is 0 Å². The highest BCUT2D eigenvalue weighted by molar-refractivity contribution is 5.83. The number of hydrogen-bond donors (Lipinski definition) is 0. The number of benzene rings is 2. The van der Waals surface area contributed by atoms with Gasteiger partial charge in [-0.2, -0.15) is 0 Å². The Labute approximate surface area is 178 Å². The maximum absolute atomic E-state index is 13.8. The second-order valence-corrected chi connectivity index (χ2v) is 8.80. The van der Waals surface area contributed by atoms with E-state index in [4.69, 9.17) is 4.98 Å². The number of hydrogen-bond acceptors (Lipinski definition) is 3. The van der Waals surface area contributed by atoms with Crippen LogP contribution in [0.4, 0.5) is 4.39 Å². The van der Waals surface area contributed by atoms with Crippen LogP contribution in [0, 0.1) is 5.82 Å². The van der Waals surface area contributed by atoms with Gasteiger partial charge in [0, 0.05) is 23.5 Å². The molecule has 2 aliphatic rings. The van der Waals surface area contributed by atoms with Crippen LogP contribution in [0.2, 0.25) is 0 Å². The molecule has 0 saturated carbocycles. The van der Waals surface area contributed by atoms with E-state index in [1.165, 1.54) is 56.8 Å². The molecule has 0 atom stereocenters. The summed E-state index contributed by atoms with van der Waals surface area (Å²) < 4.78 is 13.8. The number of pyridine rings is 1. The van der Waals surface area contributed by atoms with Crippen LogP contribution in [-0.2, 0) is 6.54 Å². The normalized spacial score (nSPS) is 19.4. The third-order valence-electron chi connectivity index (χ3n) is 6.76. The van der Waals surface area contributed by atoms with Crippen molar-refractivity contribution in [2.45, 2.75) is 44.7 Å². The standard InChI is InChI=1S/C26H30FN3/c27-23-9-10-25-21(18-23)17-22(26(28-25)20-7-3-1-4-8-20)19-29-15-11-24(12-16-29)30-13-5-2-6-14-30/h1,3-4,7-10,17-18,24H,2,5-6,11-16,19H2. The Hall–Kier alpha value is -2.30. The van der Waals surface area contributed by atoms with Crippen molar-refractivity contribution in [3.05, 3.63) is 66.0 Å². The number of aromatic nitrogens is 1. The van der Waals surface area contributed by atoms with Crippen LogP contribution in [0.5, 0.6) is 0 Å². The molecule has 2 aliphatic heterocycles. The van der Waals surface area contributed by atoms with E-state index in [2.05, 4.69) is 40.1 Å². The van der Waals surface area contributed by atoms with Crippen LogP contribution in [0.3, 0.4) is 0 Å². The highest BCUT2D eigenvalue weighted by Crippen LogP contribution is 2.29. The van der Waals surface area contributed by atoms with E-state index in [0.29, 0.717) is 0 Å².